The fourth-order valence-electron chi connectivity index (χ4n) is 2.68. The molecular weight excluding hydrogens is 214 g/mol. The summed E-state index contributed by atoms with van der Waals surface area (Å²) < 4.78 is 0. The molecule has 2 heteroatoms. The third-order valence-electron chi connectivity index (χ3n) is 3.37. The second-order valence-electron chi connectivity index (χ2n) is 4.97. The van der Waals surface area contributed by atoms with Gasteiger partial charge in [-0.15, -0.1) is 11.8 Å². The highest BCUT2D eigenvalue weighted by atomic mass is 32.2. The lowest BCUT2D eigenvalue weighted by molar-refractivity contribution is 0.253. The Balaban J connectivity index is 2.05. The van der Waals surface area contributed by atoms with Gasteiger partial charge in [0, 0.05) is 16.2 Å². The predicted octanol–water partition coefficient (Wildman–Crippen LogP) is 3.51. The van der Waals surface area contributed by atoms with Crippen molar-refractivity contribution in [2.24, 2.45) is 5.92 Å². The van der Waals surface area contributed by atoms with Crippen LogP contribution in [0.15, 0.2) is 35.2 Å². The zero-order valence-electron chi connectivity index (χ0n) is 10.4. The summed E-state index contributed by atoms with van der Waals surface area (Å²) in [6, 6.07) is 11.5. The van der Waals surface area contributed by atoms with Crippen molar-refractivity contribution >= 4 is 11.8 Å². The molecule has 1 saturated heterocycles. The van der Waals surface area contributed by atoms with E-state index in [9.17, 15) is 0 Å². The third kappa shape index (κ3) is 2.61. The van der Waals surface area contributed by atoms with Crippen LogP contribution in [0.4, 0.5) is 0 Å². The molecule has 1 fully saturated rings. The lowest BCUT2D eigenvalue weighted by Gasteiger charge is -2.28. The normalized spacial score (nSPS) is 26.5. The number of likely N-dealkylation sites (tertiary alicyclic amines) is 1. The van der Waals surface area contributed by atoms with Gasteiger partial charge in [-0.3, -0.25) is 0 Å². The summed E-state index contributed by atoms with van der Waals surface area (Å²) in [5.74, 6) is 0.744. The Hall–Kier alpha value is -0.470. The van der Waals surface area contributed by atoms with Gasteiger partial charge in [-0.2, -0.15) is 0 Å². The molecule has 0 saturated carbocycles. The monoisotopic (exact) mass is 235 g/mol. The van der Waals surface area contributed by atoms with E-state index in [1.165, 1.54) is 17.9 Å². The minimum Gasteiger partial charge on any atom is -0.302 e. The lowest BCUT2D eigenvalue weighted by Crippen LogP contribution is -2.35. The van der Waals surface area contributed by atoms with Crippen LogP contribution >= 0.6 is 11.8 Å². The van der Waals surface area contributed by atoms with E-state index in [2.05, 4.69) is 56.1 Å². The van der Waals surface area contributed by atoms with Gasteiger partial charge in [-0.05, 0) is 38.1 Å². The molecule has 88 valence electrons. The quantitative estimate of drug-likeness (QED) is 0.789. The smallest absolute Gasteiger partial charge is 0.0265 e. The van der Waals surface area contributed by atoms with Gasteiger partial charge in [-0.1, -0.05) is 32.0 Å². The first kappa shape index (κ1) is 12.0. The average molecular weight is 235 g/mol. The summed E-state index contributed by atoms with van der Waals surface area (Å²) in [5.41, 5.74) is 0. The molecule has 0 bridgehead atoms. The van der Waals surface area contributed by atoms with Gasteiger partial charge < -0.3 is 4.90 Å². The molecular formula is C14H21NS. The van der Waals surface area contributed by atoms with Gasteiger partial charge in [0.2, 0.25) is 0 Å². The highest BCUT2D eigenvalue weighted by Gasteiger charge is 2.34. The van der Waals surface area contributed by atoms with Gasteiger partial charge >= 0.3 is 0 Å². The first-order chi connectivity index (χ1) is 7.68. The molecule has 0 spiro atoms. The summed E-state index contributed by atoms with van der Waals surface area (Å²) >= 11 is 2.05. The molecule has 2 atom stereocenters. The van der Waals surface area contributed by atoms with Crippen LogP contribution in [0.5, 0.6) is 0 Å². The second kappa shape index (κ2) is 5.24. The van der Waals surface area contributed by atoms with Crippen molar-refractivity contribution in [1.29, 1.82) is 0 Å². The molecule has 0 N–H and O–H groups in total. The van der Waals surface area contributed by atoms with Crippen molar-refractivity contribution in [2.45, 2.75) is 36.5 Å². The van der Waals surface area contributed by atoms with Crippen molar-refractivity contribution in [3.05, 3.63) is 30.3 Å². The van der Waals surface area contributed by atoms with Crippen LogP contribution in [0, 0.1) is 5.92 Å². The standard InChI is InChI=1S/C14H21NS/c1-11(2)14-13(9-10-15(14)3)16-12-7-5-4-6-8-12/h4-8,11,13-14H,9-10H2,1-3H3/t13-,14+/m1/s1. The summed E-state index contributed by atoms with van der Waals surface area (Å²) in [6.45, 7) is 5.92. The molecule has 2 rings (SSSR count). The SMILES string of the molecule is CC(C)[C@H]1[C@H](Sc2ccccc2)CCN1C. The Morgan fingerprint density at radius 2 is 1.94 bits per heavy atom. The summed E-state index contributed by atoms with van der Waals surface area (Å²) in [5, 5.41) is 0.757. The van der Waals surface area contributed by atoms with E-state index in [4.69, 9.17) is 0 Å². The number of benzene rings is 1. The second-order valence-corrected chi connectivity index (χ2v) is 6.29. The van der Waals surface area contributed by atoms with Crippen LogP contribution in [-0.2, 0) is 0 Å². The number of rotatable bonds is 3. The van der Waals surface area contributed by atoms with E-state index in [-0.39, 0.29) is 0 Å². The maximum Gasteiger partial charge on any atom is 0.0265 e. The van der Waals surface area contributed by atoms with Crippen LogP contribution in [0.1, 0.15) is 20.3 Å². The van der Waals surface area contributed by atoms with Crippen LogP contribution < -0.4 is 0 Å². The summed E-state index contributed by atoms with van der Waals surface area (Å²) in [7, 11) is 2.26. The first-order valence-corrected chi connectivity index (χ1v) is 6.98. The first-order valence-electron chi connectivity index (χ1n) is 6.10. The van der Waals surface area contributed by atoms with Crippen LogP contribution in [0.25, 0.3) is 0 Å². The van der Waals surface area contributed by atoms with Gasteiger partial charge in [0.05, 0.1) is 0 Å². The van der Waals surface area contributed by atoms with Crippen molar-refractivity contribution < 1.29 is 0 Å². The molecule has 1 aliphatic rings. The van der Waals surface area contributed by atoms with Crippen molar-refractivity contribution in [3.63, 3.8) is 0 Å². The summed E-state index contributed by atoms with van der Waals surface area (Å²) in [6.07, 6.45) is 1.32. The minimum atomic E-state index is 0.727. The molecule has 1 aromatic carbocycles. The lowest BCUT2D eigenvalue weighted by atomic mass is 10.0. The van der Waals surface area contributed by atoms with Crippen molar-refractivity contribution in [1.82, 2.24) is 4.90 Å². The maximum absolute atomic E-state index is 2.52. The molecule has 1 heterocycles. The molecule has 0 radical (unpaired) electrons. The molecule has 1 nitrogen and oxygen atoms in total. The Morgan fingerprint density at radius 1 is 1.25 bits per heavy atom. The van der Waals surface area contributed by atoms with Gasteiger partial charge in [0.15, 0.2) is 0 Å². The highest BCUT2D eigenvalue weighted by molar-refractivity contribution is 8.00. The predicted molar refractivity (Wildman–Crippen MR) is 72.0 cm³/mol. The van der Waals surface area contributed by atoms with Crippen molar-refractivity contribution in [2.75, 3.05) is 13.6 Å². The summed E-state index contributed by atoms with van der Waals surface area (Å²) in [4.78, 5) is 3.93. The van der Waals surface area contributed by atoms with E-state index < -0.39 is 0 Å². The fourth-order valence-corrected chi connectivity index (χ4v) is 4.22. The number of thioether (sulfide) groups is 1. The van der Waals surface area contributed by atoms with Crippen LogP contribution in [-0.4, -0.2) is 29.8 Å². The molecule has 0 amide bonds. The Kier molecular flexibility index (Phi) is 3.93. The third-order valence-corrected chi connectivity index (χ3v) is 4.73. The minimum absolute atomic E-state index is 0.727. The van der Waals surface area contributed by atoms with E-state index >= 15 is 0 Å². The number of hydrogen-bond acceptors (Lipinski definition) is 2. The Morgan fingerprint density at radius 3 is 2.56 bits per heavy atom. The molecule has 0 unspecified atom stereocenters. The number of hydrogen-bond donors (Lipinski definition) is 0. The van der Waals surface area contributed by atoms with E-state index in [1.54, 1.807) is 0 Å². The number of nitrogens with zero attached hydrogens (tertiary/aromatic N) is 1. The van der Waals surface area contributed by atoms with Gasteiger partial charge in [0.1, 0.15) is 0 Å². The van der Waals surface area contributed by atoms with Crippen LogP contribution in [0.3, 0.4) is 0 Å². The topological polar surface area (TPSA) is 3.24 Å². The Labute approximate surface area is 103 Å². The zero-order chi connectivity index (χ0) is 11.5. The van der Waals surface area contributed by atoms with Crippen molar-refractivity contribution in [3.8, 4) is 0 Å². The molecule has 0 aromatic heterocycles. The molecule has 0 aliphatic carbocycles. The molecule has 1 aromatic rings. The van der Waals surface area contributed by atoms with E-state index in [1.807, 2.05) is 11.8 Å². The fraction of sp³-hybridized carbons (Fsp3) is 0.571. The van der Waals surface area contributed by atoms with E-state index in [0.29, 0.717) is 0 Å². The largest absolute Gasteiger partial charge is 0.302 e. The zero-order valence-corrected chi connectivity index (χ0v) is 11.2. The van der Waals surface area contributed by atoms with Gasteiger partial charge in [0.25, 0.3) is 0 Å². The van der Waals surface area contributed by atoms with Crippen LogP contribution in [0.2, 0.25) is 0 Å². The molecule has 1 aliphatic heterocycles. The average Bonchev–Trinajstić information content (AvgIpc) is 2.61. The Bertz CT molecular complexity index is 323. The van der Waals surface area contributed by atoms with E-state index in [0.717, 1.165) is 17.2 Å². The highest BCUT2D eigenvalue weighted by Crippen LogP contribution is 2.36. The van der Waals surface area contributed by atoms with Gasteiger partial charge in [-0.25, -0.2) is 0 Å². The maximum atomic E-state index is 2.52. The molecule has 16 heavy (non-hydrogen) atoms.